The van der Waals surface area contributed by atoms with E-state index in [0.717, 1.165) is 16.8 Å². The van der Waals surface area contributed by atoms with Gasteiger partial charge >= 0.3 is 12.0 Å². The summed E-state index contributed by atoms with van der Waals surface area (Å²) in [5, 5.41) is 11.5. The first kappa shape index (κ1) is 15.3. The molecule has 2 amide bonds. The van der Waals surface area contributed by atoms with Crippen molar-refractivity contribution >= 4 is 17.7 Å². The van der Waals surface area contributed by atoms with Crippen molar-refractivity contribution in [3.63, 3.8) is 0 Å². The Bertz CT molecular complexity index is 565. The van der Waals surface area contributed by atoms with Crippen LogP contribution in [0.25, 0.3) is 0 Å². The van der Waals surface area contributed by atoms with E-state index in [1.54, 1.807) is 11.8 Å². The molecule has 0 spiro atoms. The van der Waals surface area contributed by atoms with Crippen LogP contribution in [-0.2, 0) is 9.53 Å². The second-order valence-corrected chi connectivity index (χ2v) is 5.67. The van der Waals surface area contributed by atoms with Gasteiger partial charge in [-0.3, -0.25) is 0 Å². The number of carboxylic acid groups (broad SMARTS) is 1. The Labute approximate surface area is 123 Å². The number of carboxylic acids is 1. The maximum Gasteiger partial charge on any atom is 0.329 e. The summed E-state index contributed by atoms with van der Waals surface area (Å²) in [5.41, 5.74) is 2.37. The summed E-state index contributed by atoms with van der Waals surface area (Å²) in [7, 11) is 0. The number of likely N-dealkylation sites (tertiary alicyclic amines) is 1. The number of hydrogen-bond donors (Lipinski definition) is 2. The molecule has 6 nitrogen and oxygen atoms in total. The highest BCUT2D eigenvalue weighted by Gasteiger charge is 2.42. The first-order chi connectivity index (χ1) is 9.81. The third-order valence-corrected chi connectivity index (χ3v) is 3.73. The third-order valence-electron chi connectivity index (χ3n) is 3.73. The molecular formula is C15H20N2O4. The van der Waals surface area contributed by atoms with Crippen molar-refractivity contribution in [2.45, 2.75) is 26.4 Å². The van der Waals surface area contributed by atoms with Crippen molar-refractivity contribution in [2.24, 2.45) is 0 Å². The first-order valence-electron chi connectivity index (χ1n) is 6.79. The maximum atomic E-state index is 12.1. The molecule has 0 bridgehead atoms. The molecule has 0 aliphatic carbocycles. The zero-order valence-electron chi connectivity index (χ0n) is 12.5. The molecule has 1 aromatic rings. The molecule has 0 radical (unpaired) electrons. The van der Waals surface area contributed by atoms with E-state index in [9.17, 15) is 9.59 Å². The topological polar surface area (TPSA) is 78.9 Å². The number of anilines is 1. The van der Waals surface area contributed by atoms with Crippen LogP contribution in [0.5, 0.6) is 0 Å². The van der Waals surface area contributed by atoms with Crippen molar-refractivity contribution in [3.05, 3.63) is 29.3 Å². The molecule has 0 atom stereocenters. The summed E-state index contributed by atoms with van der Waals surface area (Å²) in [5.74, 6) is -1.01. The van der Waals surface area contributed by atoms with E-state index in [4.69, 9.17) is 9.84 Å². The Morgan fingerprint density at radius 1 is 1.38 bits per heavy atom. The number of aryl methyl sites for hydroxylation is 1. The van der Waals surface area contributed by atoms with Crippen LogP contribution in [0.1, 0.15) is 18.1 Å². The highest BCUT2D eigenvalue weighted by molar-refractivity contribution is 5.91. The van der Waals surface area contributed by atoms with Gasteiger partial charge in [-0.1, -0.05) is 12.1 Å². The summed E-state index contributed by atoms with van der Waals surface area (Å²) in [4.78, 5) is 24.2. The Kier molecular flexibility index (Phi) is 4.18. The molecule has 1 saturated heterocycles. The molecule has 2 rings (SSSR count). The lowest BCUT2D eigenvalue weighted by Gasteiger charge is -2.47. The van der Waals surface area contributed by atoms with E-state index in [0.29, 0.717) is 13.1 Å². The fourth-order valence-corrected chi connectivity index (χ4v) is 2.31. The van der Waals surface area contributed by atoms with Crippen LogP contribution in [0.3, 0.4) is 0 Å². The molecule has 1 aliphatic rings. The second-order valence-electron chi connectivity index (χ2n) is 5.67. The Morgan fingerprint density at radius 2 is 2.05 bits per heavy atom. The molecule has 0 unspecified atom stereocenters. The van der Waals surface area contributed by atoms with Crippen LogP contribution in [0.2, 0.25) is 0 Å². The van der Waals surface area contributed by atoms with Gasteiger partial charge < -0.3 is 20.1 Å². The molecule has 0 saturated carbocycles. The molecule has 1 aliphatic heterocycles. The van der Waals surface area contributed by atoms with Gasteiger partial charge in [0.05, 0.1) is 13.1 Å². The maximum absolute atomic E-state index is 12.1. The first-order valence-corrected chi connectivity index (χ1v) is 6.79. The highest BCUT2D eigenvalue weighted by Crippen LogP contribution is 2.26. The van der Waals surface area contributed by atoms with Gasteiger partial charge in [-0.25, -0.2) is 9.59 Å². The number of rotatable bonds is 4. The van der Waals surface area contributed by atoms with Crippen LogP contribution in [0.15, 0.2) is 18.2 Å². The van der Waals surface area contributed by atoms with Crippen LogP contribution < -0.4 is 5.32 Å². The van der Waals surface area contributed by atoms with Crippen LogP contribution in [-0.4, -0.2) is 47.3 Å². The molecule has 114 valence electrons. The molecule has 0 aromatic heterocycles. The lowest BCUT2D eigenvalue weighted by molar-refractivity contribution is -0.159. The van der Waals surface area contributed by atoms with Gasteiger partial charge in [0.2, 0.25) is 0 Å². The number of nitrogens with one attached hydrogen (secondary N) is 1. The summed E-state index contributed by atoms with van der Waals surface area (Å²) in [6.07, 6.45) is 0. The monoisotopic (exact) mass is 292 g/mol. The number of hydrogen-bond acceptors (Lipinski definition) is 3. The van der Waals surface area contributed by atoms with Crippen molar-refractivity contribution in [1.82, 2.24) is 4.90 Å². The SMILES string of the molecule is Cc1cccc(NC(=O)N2CC(C)(OCC(=O)O)C2)c1C. The summed E-state index contributed by atoms with van der Waals surface area (Å²) >= 11 is 0. The number of carbonyl (C=O) groups excluding carboxylic acids is 1. The average molecular weight is 292 g/mol. The standard InChI is InChI=1S/C15H20N2O4/c1-10-5-4-6-12(11(10)2)16-14(20)17-8-15(3,9-17)21-7-13(18)19/h4-6H,7-9H2,1-3H3,(H,16,20)(H,18,19). The summed E-state index contributed by atoms with van der Waals surface area (Å²) in [6.45, 7) is 6.18. The van der Waals surface area contributed by atoms with E-state index in [-0.39, 0.29) is 12.6 Å². The van der Waals surface area contributed by atoms with Gasteiger partial charge in [0.25, 0.3) is 0 Å². The van der Waals surface area contributed by atoms with Gasteiger partial charge in [-0.05, 0) is 38.0 Å². The number of amides is 2. The molecule has 6 heteroatoms. The molecule has 1 aromatic carbocycles. The van der Waals surface area contributed by atoms with E-state index in [1.807, 2.05) is 32.0 Å². The predicted molar refractivity (Wildman–Crippen MR) is 78.5 cm³/mol. The van der Waals surface area contributed by atoms with E-state index >= 15 is 0 Å². The number of carbonyl (C=O) groups is 2. The van der Waals surface area contributed by atoms with Gasteiger partial charge in [0, 0.05) is 5.69 Å². The Hall–Kier alpha value is -2.08. The van der Waals surface area contributed by atoms with Crippen LogP contribution >= 0.6 is 0 Å². The van der Waals surface area contributed by atoms with Gasteiger partial charge in [-0.15, -0.1) is 0 Å². The molecule has 1 heterocycles. The summed E-state index contributed by atoms with van der Waals surface area (Å²) in [6, 6.07) is 5.56. The van der Waals surface area contributed by atoms with Gasteiger partial charge in [0.15, 0.2) is 0 Å². The zero-order chi connectivity index (χ0) is 15.6. The zero-order valence-corrected chi connectivity index (χ0v) is 12.5. The predicted octanol–water partition coefficient (Wildman–Crippen LogP) is 2.01. The number of benzene rings is 1. The van der Waals surface area contributed by atoms with Crippen molar-refractivity contribution in [2.75, 3.05) is 25.0 Å². The third kappa shape index (κ3) is 3.52. The minimum atomic E-state index is -1.01. The quantitative estimate of drug-likeness (QED) is 0.889. The lowest BCUT2D eigenvalue weighted by atomic mass is 9.97. The van der Waals surface area contributed by atoms with E-state index < -0.39 is 11.6 Å². The van der Waals surface area contributed by atoms with Crippen LogP contribution in [0, 0.1) is 13.8 Å². The van der Waals surface area contributed by atoms with E-state index in [1.165, 1.54) is 0 Å². The van der Waals surface area contributed by atoms with Crippen LogP contribution in [0.4, 0.5) is 10.5 Å². The van der Waals surface area contributed by atoms with Crippen molar-refractivity contribution in [3.8, 4) is 0 Å². The Balaban J connectivity index is 1.89. The van der Waals surface area contributed by atoms with Crippen molar-refractivity contribution < 1.29 is 19.4 Å². The normalized spacial score (nSPS) is 16.2. The fraction of sp³-hybridized carbons (Fsp3) is 0.467. The largest absolute Gasteiger partial charge is 0.480 e. The summed E-state index contributed by atoms with van der Waals surface area (Å²) < 4.78 is 5.28. The molecule has 21 heavy (non-hydrogen) atoms. The minimum absolute atomic E-state index is 0.194. The molecule has 2 N–H and O–H groups in total. The number of ether oxygens (including phenoxy) is 1. The number of nitrogens with zero attached hydrogens (tertiary/aromatic N) is 1. The molecular weight excluding hydrogens is 272 g/mol. The average Bonchev–Trinajstić information content (AvgIpc) is 2.38. The lowest BCUT2D eigenvalue weighted by Crippen LogP contribution is -2.64. The van der Waals surface area contributed by atoms with Gasteiger partial charge in [0.1, 0.15) is 12.2 Å². The minimum Gasteiger partial charge on any atom is -0.480 e. The smallest absolute Gasteiger partial charge is 0.329 e. The van der Waals surface area contributed by atoms with E-state index in [2.05, 4.69) is 5.32 Å². The highest BCUT2D eigenvalue weighted by atomic mass is 16.5. The van der Waals surface area contributed by atoms with Gasteiger partial charge in [-0.2, -0.15) is 0 Å². The number of urea groups is 1. The second kappa shape index (κ2) is 5.73. The Morgan fingerprint density at radius 3 is 2.67 bits per heavy atom. The fourth-order valence-electron chi connectivity index (χ4n) is 2.31. The van der Waals surface area contributed by atoms with Crippen molar-refractivity contribution in [1.29, 1.82) is 0 Å². The number of aliphatic carboxylic acids is 1. The molecule has 1 fully saturated rings.